The van der Waals surface area contributed by atoms with Crippen LogP contribution in [0.2, 0.25) is 0 Å². The second kappa shape index (κ2) is 3.93. The van der Waals surface area contributed by atoms with E-state index in [1.165, 1.54) is 12.1 Å². The van der Waals surface area contributed by atoms with Crippen molar-refractivity contribution < 1.29 is 4.39 Å². The first-order valence-corrected chi connectivity index (χ1v) is 5.06. The predicted octanol–water partition coefficient (Wildman–Crippen LogP) is 3.09. The Labute approximate surface area is 93.9 Å². The third-order valence-corrected chi connectivity index (χ3v) is 2.53. The molecule has 0 atom stereocenters. The number of aryl methyl sites for hydroxylation is 2. The summed E-state index contributed by atoms with van der Waals surface area (Å²) in [5, 5.41) is 0. The van der Waals surface area contributed by atoms with Crippen LogP contribution in [0.5, 0.6) is 0 Å². The van der Waals surface area contributed by atoms with Crippen molar-refractivity contribution in [3.8, 4) is 11.1 Å². The van der Waals surface area contributed by atoms with Gasteiger partial charge in [-0.1, -0.05) is 6.07 Å². The van der Waals surface area contributed by atoms with Crippen LogP contribution in [0.1, 0.15) is 11.1 Å². The highest BCUT2D eigenvalue weighted by Gasteiger charge is 2.07. The molecule has 16 heavy (non-hydrogen) atoms. The maximum atomic E-state index is 13.0. The molecule has 0 aliphatic rings. The highest BCUT2D eigenvalue weighted by molar-refractivity contribution is 5.76. The molecule has 0 aliphatic heterocycles. The zero-order chi connectivity index (χ0) is 11.7. The van der Waals surface area contributed by atoms with Crippen LogP contribution in [0.4, 0.5) is 10.2 Å². The topological polar surface area (TPSA) is 38.9 Å². The van der Waals surface area contributed by atoms with Crippen molar-refractivity contribution in [2.75, 3.05) is 5.73 Å². The van der Waals surface area contributed by atoms with Crippen molar-refractivity contribution in [3.05, 3.63) is 47.4 Å². The predicted molar refractivity (Wildman–Crippen MR) is 63.5 cm³/mol. The van der Waals surface area contributed by atoms with E-state index in [0.717, 1.165) is 22.3 Å². The molecule has 0 radical (unpaired) electrons. The molecule has 0 amide bonds. The molecule has 2 N–H and O–H groups in total. The van der Waals surface area contributed by atoms with E-state index in [9.17, 15) is 4.39 Å². The van der Waals surface area contributed by atoms with Gasteiger partial charge in [0.2, 0.25) is 0 Å². The number of anilines is 1. The molecule has 1 aromatic heterocycles. The van der Waals surface area contributed by atoms with E-state index >= 15 is 0 Å². The van der Waals surface area contributed by atoms with Gasteiger partial charge in [-0.2, -0.15) is 0 Å². The highest BCUT2D eigenvalue weighted by Crippen LogP contribution is 2.28. The van der Waals surface area contributed by atoms with Gasteiger partial charge in [-0.05, 0) is 48.7 Å². The van der Waals surface area contributed by atoms with Crippen molar-refractivity contribution in [1.82, 2.24) is 4.98 Å². The van der Waals surface area contributed by atoms with Crippen LogP contribution in [-0.4, -0.2) is 4.98 Å². The first-order valence-electron chi connectivity index (χ1n) is 5.06. The maximum absolute atomic E-state index is 13.0. The number of halogens is 1. The Kier molecular flexibility index (Phi) is 2.60. The Morgan fingerprint density at radius 3 is 2.56 bits per heavy atom. The molecule has 1 heterocycles. The van der Waals surface area contributed by atoms with E-state index in [1.54, 1.807) is 12.3 Å². The quantitative estimate of drug-likeness (QED) is 0.795. The minimum atomic E-state index is -0.236. The minimum Gasteiger partial charge on any atom is -0.383 e. The first kappa shape index (κ1) is 10.6. The van der Waals surface area contributed by atoms with Crippen molar-refractivity contribution >= 4 is 5.82 Å². The lowest BCUT2D eigenvalue weighted by Gasteiger charge is -2.09. The second-order valence-corrected chi connectivity index (χ2v) is 3.90. The summed E-state index contributed by atoms with van der Waals surface area (Å²) >= 11 is 0. The number of pyridine rings is 1. The summed E-state index contributed by atoms with van der Waals surface area (Å²) in [6.45, 7) is 3.81. The Balaban J connectivity index is 2.62. The van der Waals surface area contributed by atoms with Gasteiger partial charge in [-0.25, -0.2) is 9.37 Å². The van der Waals surface area contributed by atoms with E-state index in [1.807, 2.05) is 19.9 Å². The summed E-state index contributed by atoms with van der Waals surface area (Å²) in [5.41, 5.74) is 9.50. The number of rotatable bonds is 1. The maximum Gasteiger partial charge on any atom is 0.131 e. The van der Waals surface area contributed by atoms with Crippen molar-refractivity contribution in [2.24, 2.45) is 0 Å². The zero-order valence-corrected chi connectivity index (χ0v) is 9.29. The van der Waals surface area contributed by atoms with Gasteiger partial charge in [0.05, 0.1) is 0 Å². The van der Waals surface area contributed by atoms with Gasteiger partial charge in [0.25, 0.3) is 0 Å². The number of hydrogen-bond acceptors (Lipinski definition) is 2. The largest absolute Gasteiger partial charge is 0.383 e. The van der Waals surface area contributed by atoms with Crippen LogP contribution in [0, 0.1) is 19.7 Å². The molecule has 0 fully saturated rings. The van der Waals surface area contributed by atoms with E-state index < -0.39 is 0 Å². The summed E-state index contributed by atoms with van der Waals surface area (Å²) in [5.74, 6) is 0.237. The zero-order valence-electron chi connectivity index (χ0n) is 9.29. The lowest BCUT2D eigenvalue weighted by molar-refractivity contribution is 0.627. The third kappa shape index (κ3) is 1.89. The van der Waals surface area contributed by atoms with Gasteiger partial charge in [-0.3, -0.25) is 0 Å². The minimum absolute atomic E-state index is 0.236. The van der Waals surface area contributed by atoms with Crippen LogP contribution >= 0.6 is 0 Å². The number of benzene rings is 1. The van der Waals surface area contributed by atoms with Gasteiger partial charge in [-0.15, -0.1) is 0 Å². The van der Waals surface area contributed by atoms with Gasteiger partial charge < -0.3 is 5.73 Å². The molecule has 1 aromatic carbocycles. The van der Waals surface area contributed by atoms with E-state index in [-0.39, 0.29) is 5.82 Å². The van der Waals surface area contributed by atoms with E-state index in [2.05, 4.69) is 4.98 Å². The Bertz CT molecular complexity index is 535. The molecular weight excluding hydrogens is 203 g/mol. The summed E-state index contributed by atoms with van der Waals surface area (Å²) in [6.07, 6.45) is 1.72. The fourth-order valence-corrected chi connectivity index (χ4v) is 1.72. The molecule has 2 aromatic rings. The molecule has 0 unspecified atom stereocenters. The number of aromatic nitrogens is 1. The Morgan fingerprint density at radius 2 is 1.88 bits per heavy atom. The summed E-state index contributed by atoms with van der Waals surface area (Å²) in [4.78, 5) is 4.10. The summed E-state index contributed by atoms with van der Waals surface area (Å²) < 4.78 is 13.0. The standard InChI is InChI=1S/C13H13FN2/c1-8-5-12(13(15)16-7-8)11-4-3-10(14)6-9(11)2/h3-7H,1-2H3,(H2,15,16). The number of nitrogen functional groups attached to an aromatic ring is 1. The molecule has 3 heteroatoms. The number of hydrogen-bond donors (Lipinski definition) is 1. The molecule has 0 bridgehead atoms. The molecular formula is C13H13FN2. The van der Waals surface area contributed by atoms with Crippen LogP contribution in [-0.2, 0) is 0 Å². The Morgan fingerprint density at radius 1 is 1.12 bits per heavy atom. The molecule has 0 saturated carbocycles. The first-order chi connectivity index (χ1) is 7.58. The molecule has 0 saturated heterocycles. The van der Waals surface area contributed by atoms with Crippen molar-refractivity contribution in [1.29, 1.82) is 0 Å². The van der Waals surface area contributed by atoms with Crippen LogP contribution < -0.4 is 5.73 Å². The third-order valence-electron chi connectivity index (χ3n) is 2.53. The fraction of sp³-hybridized carbons (Fsp3) is 0.154. The monoisotopic (exact) mass is 216 g/mol. The van der Waals surface area contributed by atoms with E-state index in [0.29, 0.717) is 5.82 Å². The van der Waals surface area contributed by atoms with Gasteiger partial charge in [0.15, 0.2) is 0 Å². The number of nitrogens with two attached hydrogens (primary N) is 1. The Hall–Kier alpha value is -1.90. The van der Waals surface area contributed by atoms with Crippen LogP contribution in [0.25, 0.3) is 11.1 Å². The molecule has 0 spiro atoms. The van der Waals surface area contributed by atoms with Gasteiger partial charge in [0.1, 0.15) is 11.6 Å². The molecule has 82 valence electrons. The van der Waals surface area contributed by atoms with Crippen molar-refractivity contribution in [3.63, 3.8) is 0 Å². The van der Waals surface area contributed by atoms with Crippen molar-refractivity contribution in [2.45, 2.75) is 13.8 Å². The van der Waals surface area contributed by atoms with Crippen LogP contribution in [0.15, 0.2) is 30.5 Å². The molecule has 2 nitrogen and oxygen atoms in total. The average Bonchev–Trinajstić information content (AvgIpc) is 2.22. The summed E-state index contributed by atoms with van der Waals surface area (Å²) in [6, 6.07) is 6.63. The molecule has 0 aliphatic carbocycles. The summed E-state index contributed by atoms with van der Waals surface area (Å²) in [7, 11) is 0. The van der Waals surface area contributed by atoms with Gasteiger partial charge >= 0.3 is 0 Å². The lowest BCUT2D eigenvalue weighted by atomic mass is 10.00. The second-order valence-electron chi connectivity index (χ2n) is 3.90. The van der Waals surface area contributed by atoms with Gasteiger partial charge in [0, 0.05) is 11.8 Å². The average molecular weight is 216 g/mol. The fourth-order valence-electron chi connectivity index (χ4n) is 1.72. The van der Waals surface area contributed by atoms with E-state index in [4.69, 9.17) is 5.73 Å². The highest BCUT2D eigenvalue weighted by atomic mass is 19.1. The normalized spacial score (nSPS) is 10.4. The molecule has 2 rings (SSSR count). The number of nitrogens with zero attached hydrogens (tertiary/aromatic N) is 1. The lowest BCUT2D eigenvalue weighted by Crippen LogP contribution is -1.96. The van der Waals surface area contributed by atoms with Crippen LogP contribution in [0.3, 0.4) is 0 Å². The SMILES string of the molecule is Cc1cnc(N)c(-c2ccc(F)cc2C)c1. The smallest absolute Gasteiger partial charge is 0.131 e.